The second-order valence-electron chi connectivity index (χ2n) is 5.39. The molecule has 0 aromatic heterocycles. The summed E-state index contributed by atoms with van der Waals surface area (Å²) in [5, 5.41) is 7.34. The van der Waals surface area contributed by atoms with E-state index in [0.717, 1.165) is 19.6 Å². The van der Waals surface area contributed by atoms with Gasteiger partial charge in [-0.3, -0.25) is 10.3 Å². The molecule has 0 saturated carbocycles. The average molecular weight is 247 g/mol. The predicted octanol–water partition coefficient (Wildman–Crippen LogP) is 2.78. The Labute approximate surface area is 111 Å². The second-order valence-corrected chi connectivity index (χ2v) is 5.39. The highest BCUT2D eigenvalue weighted by Crippen LogP contribution is 2.10. The molecule has 100 valence electrons. The van der Waals surface area contributed by atoms with Crippen LogP contribution in [0.5, 0.6) is 0 Å². The van der Waals surface area contributed by atoms with Crippen LogP contribution in [-0.2, 0) is 6.54 Å². The Morgan fingerprint density at radius 1 is 1.39 bits per heavy atom. The van der Waals surface area contributed by atoms with Gasteiger partial charge in [0, 0.05) is 26.1 Å². The van der Waals surface area contributed by atoms with Crippen LogP contribution in [0.2, 0.25) is 0 Å². The van der Waals surface area contributed by atoms with E-state index in [9.17, 15) is 0 Å². The van der Waals surface area contributed by atoms with Gasteiger partial charge in [-0.2, -0.15) is 0 Å². The van der Waals surface area contributed by atoms with Gasteiger partial charge in [0.05, 0.1) is 5.84 Å². The van der Waals surface area contributed by atoms with Crippen molar-refractivity contribution in [3.05, 3.63) is 35.4 Å². The number of amidine groups is 1. The zero-order valence-corrected chi connectivity index (χ0v) is 11.7. The molecule has 0 radical (unpaired) electrons. The molecule has 0 bridgehead atoms. The number of aryl methyl sites for hydroxylation is 1. The maximum Gasteiger partial charge on any atom is 0.0918 e. The number of hydrogen-bond acceptors (Lipinski definition) is 2. The highest BCUT2D eigenvalue weighted by Gasteiger charge is 2.08. The van der Waals surface area contributed by atoms with Crippen LogP contribution in [0.4, 0.5) is 0 Å². The zero-order chi connectivity index (χ0) is 13.5. The van der Waals surface area contributed by atoms with Gasteiger partial charge in [-0.1, -0.05) is 43.7 Å². The molecule has 0 aliphatic carbocycles. The minimum absolute atomic E-state index is 0.271. The first-order valence-electron chi connectivity index (χ1n) is 6.58. The number of nitrogens with one attached hydrogen (secondary N) is 1. The van der Waals surface area contributed by atoms with E-state index in [2.05, 4.69) is 49.9 Å². The van der Waals surface area contributed by atoms with Gasteiger partial charge in [0.1, 0.15) is 0 Å². The predicted molar refractivity (Wildman–Crippen MR) is 77.8 cm³/mol. The molecule has 0 fully saturated rings. The maximum absolute atomic E-state index is 7.34. The molecule has 0 unspecified atom stereocenters. The third kappa shape index (κ3) is 5.82. The Hall–Kier alpha value is -1.35. The van der Waals surface area contributed by atoms with Crippen molar-refractivity contribution < 1.29 is 0 Å². The molecule has 1 rings (SSSR count). The van der Waals surface area contributed by atoms with E-state index in [-0.39, 0.29) is 5.84 Å². The summed E-state index contributed by atoms with van der Waals surface area (Å²) in [6.07, 6.45) is 0.651. The third-order valence-electron chi connectivity index (χ3n) is 2.81. The highest BCUT2D eigenvalue weighted by molar-refractivity contribution is 5.76. The molecule has 0 aliphatic rings. The summed E-state index contributed by atoms with van der Waals surface area (Å²) in [5.41, 5.74) is 8.07. The molecule has 3 N–H and O–H groups in total. The summed E-state index contributed by atoms with van der Waals surface area (Å²) in [5.74, 6) is 0.898. The first-order chi connectivity index (χ1) is 8.47. The molecule has 1 aromatic carbocycles. The van der Waals surface area contributed by atoms with Crippen LogP contribution in [0.3, 0.4) is 0 Å². The Kier molecular flexibility index (Phi) is 5.86. The normalized spacial score (nSPS) is 11.2. The number of nitrogens with two attached hydrogens (primary N) is 1. The minimum atomic E-state index is 0.271. The average Bonchev–Trinajstić information content (AvgIpc) is 2.25. The van der Waals surface area contributed by atoms with Crippen LogP contribution in [0, 0.1) is 18.3 Å². The third-order valence-corrected chi connectivity index (χ3v) is 2.81. The van der Waals surface area contributed by atoms with Crippen molar-refractivity contribution in [1.29, 1.82) is 5.41 Å². The topological polar surface area (TPSA) is 53.1 Å². The van der Waals surface area contributed by atoms with Gasteiger partial charge in [0.15, 0.2) is 0 Å². The SMILES string of the molecule is Cc1cccc(CN(CCC(=N)N)CC(C)C)c1. The van der Waals surface area contributed by atoms with Gasteiger partial charge in [-0.25, -0.2) is 0 Å². The molecule has 3 heteroatoms. The van der Waals surface area contributed by atoms with Crippen LogP contribution in [0.1, 0.15) is 31.4 Å². The zero-order valence-electron chi connectivity index (χ0n) is 11.7. The number of hydrogen-bond donors (Lipinski definition) is 2. The van der Waals surface area contributed by atoms with Gasteiger partial charge >= 0.3 is 0 Å². The fraction of sp³-hybridized carbons (Fsp3) is 0.533. The molecule has 0 spiro atoms. The summed E-state index contributed by atoms with van der Waals surface area (Å²) in [7, 11) is 0. The van der Waals surface area contributed by atoms with E-state index < -0.39 is 0 Å². The van der Waals surface area contributed by atoms with Crippen molar-refractivity contribution in [2.24, 2.45) is 11.7 Å². The van der Waals surface area contributed by atoms with Gasteiger partial charge in [0.25, 0.3) is 0 Å². The van der Waals surface area contributed by atoms with Crippen LogP contribution in [-0.4, -0.2) is 23.8 Å². The highest BCUT2D eigenvalue weighted by atomic mass is 15.1. The van der Waals surface area contributed by atoms with Crippen molar-refractivity contribution in [3.8, 4) is 0 Å². The molecule has 0 heterocycles. The van der Waals surface area contributed by atoms with Crippen molar-refractivity contribution >= 4 is 5.84 Å². The van der Waals surface area contributed by atoms with E-state index in [1.807, 2.05) is 0 Å². The van der Waals surface area contributed by atoms with Crippen molar-refractivity contribution in [1.82, 2.24) is 4.90 Å². The summed E-state index contributed by atoms with van der Waals surface area (Å²) in [6, 6.07) is 8.60. The molecule has 18 heavy (non-hydrogen) atoms. The molecular formula is C15H25N3. The molecule has 3 nitrogen and oxygen atoms in total. The van der Waals surface area contributed by atoms with Gasteiger partial charge in [0.2, 0.25) is 0 Å². The van der Waals surface area contributed by atoms with Crippen molar-refractivity contribution in [2.45, 2.75) is 33.7 Å². The van der Waals surface area contributed by atoms with Crippen molar-refractivity contribution in [3.63, 3.8) is 0 Å². The van der Waals surface area contributed by atoms with Gasteiger partial charge in [-0.15, -0.1) is 0 Å². The summed E-state index contributed by atoms with van der Waals surface area (Å²) in [4.78, 5) is 2.38. The fourth-order valence-corrected chi connectivity index (χ4v) is 2.10. The number of nitrogens with zero attached hydrogens (tertiary/aromatic N) is 1. The smallest absolute Gasteiger partial charge is 0.0918 e. The minimum Gasteiger partial charge on any atom is -0.388 e. The van der Waals surface area contributed by atoms with Crippen LogP contribution in [0.25, 0.3) is 0 Å². The molecular weight excluding hydrogens is 222 g/mol. The standard InChI is InChI=1S/C15H25N3/c1-12(2)10-18(8-7-15(16)17)11-14-6-4-5-13(3)9-14/h4-6,9,12H,7-8,10-11H2,1-3H3,(H3,16,17). The van der Waals surface area contributed by atoms with Crippen molar-refractivity contribution in [2.75, 3.05) is 13.1 Å². The van der Waals surface area contributed by atoms with Crippen LogP contribution < -0.4 is 5.73 Å². The van der Waals surface area contributed by atoms with E-state index in [1.54, 1.807) is 0 Å². The van der Waals surface area contributed by atoms with E-state index in [4.69, 9.17) is 11.1 Å². The lowest BCUT2D eigenvalue weighted by atomic mass is 10.1. The molecule has 0 amide bonds. The largest absolute Gasteiger partial charge is 0.388 e. The Bertz CT molecular complexity index is 385. The number of rotatable bonds is 7. The molecule has 0 atom stereocenters. The lowest BCUT2D eigenvalue weighted by molar-refractivity contribution is 0.242. The summed E-state index contributed by atoms with van der Waals surface area (Å²) in [6.45, 7) is 9.40. The Balaban J connectivity index is 2.62. The molecule has 0 aliphatic heterocycles. The maximum atomic E-state index is 7.34. The molecule has 1 aromatic rings. The van der Waals surface area contributed by atoms with E-state index in [0.29, 0.717) is 12.3 Å². The first kappa shape index (κ1) is 14.7. The van der Waals surface area contributed by atoms with Gasteiger partial charge in [-0.05, 0) is 18.4 Å². The number of benzene rings is 1. The van der Waals surface area contributed by atoms with Gasteiger partial charge < -0.3 is 5.73 Å². The second kappa shape index (κ2) is 7.17. The molecule has 0 saturated heterocycles. The quantitative estimate of drug-likeness (QED) is 0.575. The van der Waals surface area contributed by atoms with E-state index in [1.165, 1.54) is 11.1 Å². The van der Waals surface area contributed by atoms with E-state index >= 15 is 0 Å². The lowest BCUT2D eigenvalue weighted by Crippen LogP contribution is -2.30. The summed E-state index contributed by atoms with van der Waals surface area (Å²) >= 11 is 0. The van der Waals surface area contributed by atoms with Crippen LogP contribution >= 0.6 is 0 Å². The fourth-order valence-electron chi connectivity index (χ4n) is 2.10. The first-order valence-corrected chi connectivity index (χ1v) is 6.58. The summed E-state index contributed by atoms with van der Waals surface area (Å²) < 4.78 is 0. The Morgan fingerprint density at radius 2 is 2.11 bits per heavy atom. The Morgan fingerprint density at radius 3 is 2.67 bits per heavy atom. The van der Waals surface area contributed by atoms with Crippen LogP contribution in [0.15, 0.2) is 24.3 Å². The monoisotopic (exact) mass is 247 g/mol. The lowest BCUT2D eigenvalue weighted by Gasteiger charge is -2.24.